The zero-order valence-corrected chi connectivity index (χ0v) is 10.7. The number of nitrogen functional groups attached to an aromatic ring is 2. The summed E-state index contributed by atoms with van der Waals surface area (Å²) in [5.41, 5.74) is 11.2. The van der Waals surface area contributed by atoms with E-state index in [2.05, 4.69) is 33.8 Å². The number of imidazole rings is 1. The molecule has 0 saturated heterocycles. The van der Waals surface area contributed by atoms with Crippen LogP contribution in [0.2, 0.25) is 0 Å². The third kappa shape index (κ3) is 2.24. The lowest BCUT2D eigenvalue weighted by molar-refractivity contribution is 0.552. The maximum absolute atomic E-state index is 5.58. The summed E-state index contributed by atoms with van der Waals surface area (Å²) >= 11 is 0. The second kappa shape index (κ2) is 4.59. The van der Waals surface area contributed by atoms with Gasteiger partial charge in [0.05, 0.1) is 6.04 Å². The molecule has 7 nitrogen and oxygen atoms in total. The predicted octanol–water partition coefficient (Wildman–Crippen LogP) is 0.965. The Morgan fingerprint density at radius 3 is 2.22 bits per heavy atom. The van der Waals surface area contributed by atoms with Gasteiger partial charge >= 0.3 is 0 Å². The maximum atomic E-state index is 5.58. The molecule has 1 unspecified atom stereocenters. The van der Waals surface area contributed by atoms with Gasteiger partial charge in [0.25, 0.3) is 0 Å². The Morgan fingerprint density at radius 2 is 1.67 bits per heavy atom. The van der Waals surface area contributed by atoms with Crippen LogP contribution in [0.4, 0.5) is 11.9 Å². The molecule has 96 valence electrons. The van der Waals surface area contributed by atoms with E-state index in [1.54, 1.807) is 6.20 Å². The van der Waals surface area contributed by atoms with Crippen LogP contribution in [0.5, 0.6) is 0 Å². The van der Waals surface area contributed by atoms with E-state index in [0.29, 0.717) is 11.7 Å². The third-order valence-corrected chi connectivity index (χ3v) is 2.69. The van der Waals surface area contributed by atoms with Crippen LogP contribution in [0.3, 0.4) is 0 Å². The molecule has 2 heterocycles. The van der Waals surface area contributed by atoms with Crippen molar-refractivity contribution >= 4 is 11.9 Å². The number of hydrogen-bond acceptors (Lipinski definition) is 6. The van der Waals surface area contributed by atoms with Gasteiger partial charge in [0.2, 0.25) is 11.9 Å². The van der Waals surface area contributed by atoms with Crippen molar-refractivity contribution in [3.8, 4) is 0 Å². The summed E-state index contributed by atoms with van der Waals surface area (Å²) in [6.07, 6.45) is 3.66. The largest absolute Gasteiger partial charge is 0.368 e. The molecule has 1 atom stereocenters. The average Bonchev–Trinajstić information content (AvgIpc) is 2.75. The lowest BCUT2D eigenvalue weighted by atomic mass is 10.2. The zero-order valence-electron chi connectivity index (χ0n) is 10.7. The van der Waals surface area contributed by atoms with Gasteiger partial charge in [-0.05, 0) is 6.92 Å². The first kappa shape index (κ1) is 12.3. The molecule has 0 aliphatic heterocycles. The molecule has 0 saturated carbocycles. The number of aromatic nitrogens is 5. The van der Waals surface area contributed by atoms with Gasteiger partial charge in [-0.15, -0.1) is 0 Å². The molecule has 0 aliphatic rings. The first-order valence-electron chi connectivity index (χ1n) is 5.78. The van der Waals surface area contributed by atoms with Crippen molar-refractivity contribution in [2.75, 3.05) is 11.5 Å². The Labute approximate surface area is 105 Å². The SMILES string of the molecule is CC(C)c1nccn1C(C)c1nc(N)nc(N)n1. The average molecular weight is 247 g/mol. The first-order valence-corrected chi connectivity index (χ1v) is 5.78. The highest BCUT2D eigenvalue weighted by atomic mass is 15.2. The highest BCUT2D eigenvalue weighted by molar-refractivity contribution is 5.27. The summed E-state index contributed by atoms with van der Waals surface area (Å²) in [5, 5.41) is 0. The Kier molecular flexibility index (Phi) is 3.14. The Bertz CT molecular complexity index is 526. The van der Waals surface area contributed by atoms with Crippen molar-refractivity contribution < 1.29 is 0 Å². The monoisotopic (exact) mass is 247 g/mol. The van der Waals surface area contributed by atoms with Crippen molar-refractivity contribution in [1.29, 1.82) is 0 Å². The molecular formula is C11H17N7. The molecule has 0 amide bonds. The van der Waals surface area contributed by atoms with Gasteiger partial charge in [0, 0.05) is 18.3 Å². The molecule has 0 radical (unpaired) electrons. The molecule has 0 aliphatic carbocycles. The van der Waals surface area contributed by atoms with E-state index in [4.69, 9.17) is 11.5 Å². The molecule has 7 heteroatoms. The molecular weight excluding hydrogens is 230 g/mol. The van der Waals surface area contributed by atoms with Crippen LogP contribution in [0, 0.1) is 0 Å². The fraction of sp³-hybridized carbons (Fsp3) is 0.455. The van der Waals surface area contributed by atoms with E-state index in [0.717, 1.165) is 5.82 Å². The summed E-state index contributed by atoms with van der Waals surface area (Å²) < 4.78 is 2.01. The van der Waals surface area contributed by atoms with Crippen LogP contribution in [0.25, 0.3) is 0 Å². The van der Waals surface area contributed by atoms with Gasteiger partial charge in [0.1, 0.15) is 5.82 Å². The predicted molar refractivity (Wildman–Crippen MR) is 68.8 cm³/mol. The van der Waals surface area contributed by atoms with E-state index in [1.165, 1.54) is 0 Å². The maximum Gasteiger partial charge on any atom is 0.225 e. The minimum Gasteiger partial charge on any atom is -0.368 e. The van der Waals surface area contributed by atoms with Gasteiger partial charge < -0.3 is 16.0 Å². The lowest BCUT2D eigenvalue weighted by Gasteiger charge is -2.17. The minimum absolute atomic E-state index is 0.0856. The Balaban J connectivity index is 2.41. The quantitative estimate of drug-likeness (QED) is 0.836. The molecule has 2 aromatic heterocycles. The summed E-state index contributed by atoms with van der Waals surface area (Å²) in [4.78, 5) is 16.3. The van der Waals surface area contributed by atoms with Crippen molar-refractivity contribution in [2.24, 2.45) is 0 Å². The second-order valence-corrected chi connectivity index (χ2v) is 4.43. The summed E-state index contributed by atoms with van der Waals surface area (Å²) in [6.45, 7) is 6.14. The number of anilines is 2. The molecule has 0 spiro atoms. The van der Waals surface area contributed by atoms with Crippen LogP contribution >= 0.6 is 0 Å². The number of rotatable bonds is 3. The molecule has 2 aromatic rings. The van der Waals surface area contributed by atoms with Gasteiger partial charge in [0.15, 0.2) is 5.82 Å². The van der Waals surface area contributed by atoms with Gasteiger partial charge in [-0.25, -0.2) is 4.98 Å². The normalized spacial score (nSPS) is 12.9. The van der Waals surface area contributed by atoms with Crippen molar-refractivity contribution in [3.05, 3.63) is 24.0 Å². The second-order valence-electron chi connectivity index (χ2n) is 4.43. The molecule has 4 N–H and O–H groups in total. The zero-order chi connectivity index (χ0) is 13.3. The molecule has 0 bridgehead atoms. The van der Waals surface area contributed by atoms with Crippen molar-refractivity contribution in [2.45, 2.75) is 32.7 Å². The van der Waals surface area contributed by atoms with Gasteiger partial charge in [-0.2, -0.15) is 15.0 Å². The highest BCUT2D eigenvalue weighted by Gasteiger charge is 2.17. The third-order valence-electron chi connectivity index (χ3n) is 2.69. The molecule has 2 rings (SSSR count). The summed E-state index contributed by atoms with van der Waals surface area (Å²) in [7, 11) is 0. The fourth-order valence-corrected chi connectivity index (χ4v) is 1.84. The van der Waals surface area contributed by atoms with Crippen LogP contribution in [-0.2, 0) is 0 Å². The molecule has 0 fully saturated rings. The van der Waals surface area contributed by atoms with E-state index in [1.807, 2.05) is 17.7 Å². The van der Waals surface area contributed by atoms with E-state index in [-0.39, 0.29) is 17.9 Å². The summed E-state index contributed by atoms with van der Waals surface area (Å²) in [6, 6.07) is -0.0856. The smallest absolute Gasteiger partial charge is 0.225 e. The van der Waals surface area contributed by atoms with Gasteiger partial charge in [-0.3, -0.25) is 0 Å². The first-order chi connectivity index (χ1) is 8.49. The van der Waals surface area contributed by atoms with E-state index in [9.17, 15) is 0 Å². The summed E-state index contributed by atoms with van der Waals surface area (Å²) in [5.74, 6) is 2.10. The van der Waals surface area contributed by atoms with E-state index < -0.39 is 0 Å². The number of nitrogens with zero attached hydrogens (tertiary/aromatic N) is 5. The molecule has 0 aromatic carbocycles. The molecule has 18 heavy (non-hydrogen) atoms. The Hall–Kier alpha value is -2.18. The number of hydrogen-bond donors (Lipinski definition) is 2. The Morgan fingerprint density at radius 1 is 1.06 bits per heavy atom. The van der Waals surface area contributed by atoms with Crippen LogP contribution in [-0.4, -0.2) is 24.5 Å². The fourth-order valence-electron chi connectivity index (χ4n) is 1.84. The standard InChI is InChI=1S/C11H17N7/c1-6(2)9-14-4-5-18(9)7(3)8-15-10(12)17-11(13)16-8/h4-7H,1-3H3,(H4,12,13,15,16,17). The topological polar surface area (TPSA) is 109 Å². The highest BCUT2D eigenvalue weighted by Crippen LogP contribution is 2.21. The lowest BCUT2D eigenvalue weighted by Crippen LogP contribution is -2.16. The van der Waals surface area contributed by atoms with Gasteiger partial charge in [-0.1, -0.05) is 13.8 Å². The van der Waals surface area contributed by atoms with Crippen LogP contribution in [0.1, 0.15) is 44.4 Å². The van der Waals surface area contributed by atoms with E-state index >= 15 is 0 Å². The van der Waals surface area contributed by atoms with Crippen molar-refractivity contribution in [1.82, 2.24) is 24.5 Å². The van der Waals surface area contributed by atoms with Crippen LogP contribution in [0.15, 0.2) is 12.4 Å². The van der Waals surface area contributed by atoms with Crippen LogP contribution < -0.4 is 11.5 Å². The van der Waals surface area contributed by atoms with Crippen molar-refractivity contribution in [3.63, 3.8) is 0 Å². The minimum atomic E-state index is -0.0856. The number of nitrogens with two attached hydrogens (primary N) is 2.